The smallest absolute Gasteiger partial charge is 0.281 e. The summed E-state index contributed by atoms with van der Waals surface area (Å²) in [6.45, 7) is 0.586. The van der Waals surface area contributed by atoms with E-state index >= 15 is 0 Å². The van der Waals surface area contributed by atoms with Crippen LogP contribution in [0.3, 0.4) is 0 Å². The van der Waals surface area contributed by atoms with Crippen molar-refractivity contribution in [1.82, 2.24) is 14.5 Å². The quantitative estimate of drug-likeness (QED) is 0.467. The van der Waals surface area contributed by atoms with Gasteiger partial charge >= 0.3 is 0 Å². The van der Waals surface area contributed by atoms with Crippen LogP contribution in [0.25, 0.3) is 22.2 Å². The first-order chi connectivity index (χ1) is 13.2. The van der Waals surface area contributed by atoms with Crippen LogP contribution in [0.2, 0.25) is 0 Å². The highest BCUT2D eigenvalue weighted by Gasteiger charge is 2.26. The summed E-state index contributed by atoms with van der Waals surface area (Å²) >= 11 is 0. The fourth-order valence-corrected chi connectivity index (χ4v) is 3.65. The third kappa shape index (κ3) is 2.36. The van der Waals surface area contributed by atoms with E-state index in [2.05, 4.69) is 9.97 Å². The minimum absolute atomic E-state index is 0.0613. The Balaban J connectivity index is 1.92. The maximum Gasteiger partial charge on any atom is 0.281 e. The summed E-state index contributed by atoms with van der Waals surface area (Å²) < 4.78 is 1.99. The van der Waals surface area contributed by atoms with Crippen LogP contribution in [0, 0.1) is 0 Å². The average molecular weight is 353 g/mol. The molecule has 0 spiro atoms. The average Bonchev–Trinajstić information content (AvgIpc) is 2.73. The Labute approximate surface area is 154 Å². The first-order valence-electron chi connectivity index (χ1n) is 8.66. The van der Waals surface area contributed by atoms with Gasteiger partial charge in [0.25, 0.3) is 5.56 Å². The molecular formula is C22H15N3O2. The number of para-hydroxylation sites is 1. The molecule has 0 bridgehead atoms. The first kappa shape index (κ1) is 15.5. The third-order valence-corrected chi connectivity index (χ3v) is 4.90. The van der Waals surface area contributed by atoms with Gasteiger partial charge in [0.2, 0.25) is 0 Å². The lowest BCUT2D eigenvalue weighted by Crippen LogP contribution is -2.24. The predicted molar refractivity (Wildman–Crippen MR) is 104 cm³/mol. The summed E-state index contributed by atoms with van der Waals surface area (Å²) in [4.78, 5) is 21.1. The number of aromatic nitrogens is 3. The number of hydrogen-bond donors (Lipinski definition) is 1. The third-order valence-electron chi connectivity index (χ3n) is 4.90. The van der Waals surface area contributed by atoms with Gasteiger partial charge in [-0.1, -0.05) is 36.4 Å². The molecule has 0 fully saturated rings. The van der Waals surface area contributed by atoms with Crippen molar-refractivity contribution in [2.45, 2.75) is 6.54 Å². The number of nitrogens with zero attached hydrogens (tertiary/aromatic N) is 3. The van der Waals surface area contributed by atoms with Gasteiger partial charge in [-0.2, -0.15) is 4.98 Å². The molecule has 27 heavy (non-hydrogen) atoms. The Morgan fingerprint density at radius 3 is 2.67 bits per heavy atom. The van der Waals surface area contributed by atoms with Gasteiger partial charge in [0.1, 0.15) is 11.6 Å². The van der Waals surface area contributed by atoms with E-state index in [1.807, 2.05) is 47.0 Å². The van der Waals surface area contributed by atoms with Gasteiger partial charge in [0.15, 0.2) is 0 Å². The molecule has 1 aliphatic heterocycles. The number of benzene rings is 2. The van der Waals surface area contributed by atoms with E-state index in [1.54, 1.807) is 30.6 Å². The zero-order chi connectivity index (χ0) is 18.4. The molecule has 0 saturated heterocycles. The first-order valence-corrected chi connectivity index (χ1v) is 8.66. The molecular weight excluding hydrogens is 338 g/mol. The van der Waals surface area contributed by atoms with Crippen molar-refractivity contribution in [3.8, 4) is 0 Å². The van der Waals surface area contributed by atoms with Gasteiger partial charge in [-0.15, -0.1) is 0 Å². The highest BCUT2D eigenvalue weighted by Crippen LogP contribution is 2.36. The summed E-state index contributed by atoms with van der Waals surface area (Å²) in [5.74, 6) is 0.532. The second-order valence-corrected chi connectivity index (χ2v) is 6.47. The summed E-state index contributed by atoms with van der Waals surface area (Å²) in [5, 5.41) is 11.7. The largest absolute Gasteiger partial charge is 0.506 e. The predicted octanol–water partition coefficient (Wildman–Crippen LogP) is 3.63. The molecule has 5 rings (SSSR count). The fraction of sp³-hybridized carbons (Fsp3) is 0.0455. The van der Waals surface area contributed by atoms with Crippen LogP contribution >= 0.6 is 0 Å². The standard InChI is InChI=1S/C22H15N3O2/c26-20(14-7-5-11-23-12-14)19-16-8-2-1-6-15(16)13-25-18-10-4-3-9-17(18)22(27)24-21(19)25/h1-12,26H,13H2/b20-19+. The zero-order valence-electron chi connectivity index (χ0n) is 14.3. The number of aliphatic hydroxyl groups excluding tert-OH is 1. The van der Waals surface area contributed by atoms with Crippen molar-refractivity contribution in [3.05, 3.63) is 106 Å². The van der Waals surface area contributed by atoms with Crippen LogP contribution in [0.1, 0.15) is 22.5 Å². The Hall–Kier alpha value is -3.73. The van der Waals surface area contributed by atoms with Crippen molar-refractivity contribution in [2.24, 2.45) is 0 Å². The number of hydrogen-bond acceptors (Lipinski definition) is 4. The molecule has 1 aliphatic rings. The van der Waals surface area contributed by atoms with Crippen LogP contribution in [0.5, 0.6) is 0 Å². The minimum Gasteiger partial charge on any atom is -0.506 e. The molecule has 0 unspecified atom stereocenters. The van der Waals surface area contributed by atoms with Crippen molar-refractivity contribution in [1.29, 1.82) is 0 Å². The molecule has 1 N–H and O–H groups in total. The van der Waals surface area contributed by atoms with Crippen molar-refractivity contribution in [3.63, 3.8) is 0 Å². The Kier molecular flexibility index (Phi) is 3.40. The van der Waals surface area contributed by atoms with Gasteiger partial charge < -0.3 is 9.67 Å². The minimum atomic E-state index is -0.298. The highest BCUT2D eigenvalue weighted by molar-refractivity contribution is 5.96. The molecule has 2 aromatic heterocycles. The second-order valence-electron chi connectivity index (χ2n) is 6.47. The number of aliphatic hydroxyl groups is 1. The van der Waals surface area contributed by atoms with E-state index in [9.17, 15) is 9.90 Å². The summed E-state index contributed by atoms with van der Waals surface area (Å²) in [7, 11) is 0. The fourth-order valence-electron chi connectivity index (χ4n) is 3.65. The molecule has 0 saturated carbocycles. The molecule has 0 atom stereocenters. The SMILES string of the molecule is O=c1nc2n(c3ccccc13)Cc1ccccc1/C2=C(\O)c1cccnc1. The molecule has 5 heteroatoms. The van der Waals surface area contributed by atoms with Gasteiger partial charge in [-0.05, 0) is 35.4 Å². The lowest BCUT2D eigenvalue weighted by atomic mass is 9.92. The Morgan fingerprint density at radius 1 is 1.00 bits per heavy atom. The molecule has 4 aromatic rings. The normalized spacial score (nSPS) is 14.5. The van der Waals surface area contributed by atoms with Gasteiger partial charge in [0, 0.05) is 18.0 Å². The Morgan fingerprint density at radius 2 is 1.81 bits per heavy atom. The van der Waals surface area contributed by atoms with Gasteiger partial charge in [0.05, 0.1) is 23.0 Å². The molecule has 5 nitrogen and oxygen atoms in total. The number of rotatable bonds is 1. The van der Waals surface area contributed by atoms with E-state index in [-0.39, 0.29) is 11.3 Å². The van der Waals surface area contributed by atoms with Crippen LogP contribution in [0.15, 0.2) is 77.9 Å². The monoisotopic (exact) mass is 353 g/mol. The Bertz CT molecular complexity index is 1270. The van der Waals surface area contributed by atoms with Crippen LogP contribution < -0.4 is 5.56 Å². The van der Waals surface area contributed by atoms with E-state index in [4.69, 9.17) is 0 Å². The summed E-state index contributed by atoms with van der Waals surface area (Å²) in [5.41, 5.74) is 3.57. The maximum absolute atomic E-state index is 12.6. The van der Waals surface area contributed by atoms with Crippen LogP contribution in [-0.4, -0.2) is 19.6 Å². The number of fused-ring (bicyclic) bond motifs is 4. The summed E-state index contributed by atoms with van der Waals surface area (Å²) in [6, 6.07) is 18.8. The lowest BCUT2D eigenvalue weighted by molar-refractivity contribution is 0.512. The second kappa shape index (κ2) is 5.92. The molecule has 3 heterocycles. The molecule has 0 amide bonds. The molecule has 0 radical (unpaired) electrons. The van der Waals surface area contributed by atoms with E-state index in [0.717, 1.165) is 16.6 Å². The highest BCUT2D eigenvalue weighted by atomic mass is 16.3. The van der Waals surface area contributed by atoms with Crippen LogP contribution in [-0.2, 0) is 6.54 Å². The van der Waals surface area contributed by atoms with Gasteiger partial charge in [-0.3, -0.25) is 9.78 Å². The molecule has 0 aliphatic carbocycles. The van der Waals surface area contributed by atoms with Crippen LogP contribution in [0.4, 0.5) is 0 Å². The lowest BCUT2D eigenvalue weighted by Gasteiger charge is -2.26. The van der Waals surface area contributed by atoms with Crippen molar-refractivity contribution in [2.75, 3.05) is 0 Å². The van der Waals surface area contributed by atoms with Crippen molar-refractivity contribution < 1.29 is 5.11 Å². The van der Waals surface area contributed by atoms with Gasteiger partial charge in [-0.25, -0.2) is 0 Å². The topological polar surface area (TPSA) is 68.0 Å². The van der Waals surface area contributed by atoms with E-state index in [0.29, 0.717) is 28.9 Å². The van der Waals surface area contributed by atoms with E-state index in [1.165, 1.54) is 0 Å². The summed E-state index contributed by atoms with van der Waals surface area (Å²) in [6.07, 6.45) is 3.25. The molecule has 130 valence electrons. The zero-order valence-corrected chi connectivity index (χ0v) is 14.3. The molecule has 2 aromatic carbocycles. The maximum atomic E-state index is 12.6. The van der Waals surface area contributed by atoms with Crippen molar-refractivity contribution >= 4 is 22.2 Å². The van der Waals surface area contributed by atoms with E-state index < -0.39 is 0 Å². The number of pyridine rings is 1.